The standard InChI is InChI=1S/C21H24F3N3O3S/c1-16-4-2-5-17(14-16)20(28)25-8-13-31(29,30)27-11-9-26(10-12-27)19-7-3-6-18(15-19)21(22,23)24/h2-7,14-15H,8-13H2,1H3,(H,25,28). The Morgan fingerprint density at radius 2 is 1.71 bits per heavy atom. The molecule has 0 aromatic heterocycles. The van der Waals surface area contributed by atoms with Crippen molar-refractivity contribution in [2.24, 2.45) is 0 Å². The van der Waals surface area contributed by atoms with Crippen LogP contribution in [-0.4, -0.2) is 57.1 Å². The lowest BCUT2D eigenvalue weighted by Gasteiger charge is -2.35. The van der Waals surface area contributed by atoms with Crippen LogP contribution in [0.3, 0.4) is 0 Å². The van der Waals surface area contributed by atoms with Gasteiger partial charge in [-0.1, -0.05) is 23.8 Å². The Kier molecular flexibility index (Phi) is 6.90. The highest BCUT2D eigenvalue weighted by atomic mass is 32.2. The second-order valence-corrected chi connectivity index (χ2v) is 9.46. The summed E-state index contributed by atoms with van der Waals surface area (Å²) in [6.45, 7) is 2.75. The molecule has 6 nitrogen and oxygen atoms in total. The number of sulfonamides is 1. The summed E-state index contributed by atoms with van der Waals surface area (Å²) in [7, 11) is -3.59. The summed E-state index contributed by atoms with van der Waals surface area (Å²) in [5.74, 6) is -0.582. The van der Waals surface area contributed by atoms with Gasteiger partial charge in [0.25, 0.3) is 5.91 Å². The molecule has 0 atom stereocenters. The maximum absolute atomic E-state index is 12.9. The molecule has 1 saturated heterocycles. The number of piperazine rings is 1. The Balaban J connectivity index is 1.52. The van der Waals surface area contributed by atoms with Crippen molar-refractivity contribution in [3.63, 3.8) is 0 Å². The molecule has 1 N–H and O–H groups in total. The van der Waals surface area contributed by atoms with Gasteiger partial charge in [0.05, 0.1) is 11.3 Å². The summed E-state index contributed by atoms with van der Waals surface area (Å²) in [5, 5.41) is 2.61. The first kappa shape index (κ1) is 23.1. The summed E-state index contributed by atoms with van der Waals surface area (Å²) in [6.07, 6.45) is -4.43. The molecule has 0 unspecified atom stereocenters. The van der Waals surface area contributed by atoms with Crippen molar-refractivity contribution in [3.05, 3.63) is 65.2 Å². The zero-order valence-corrected chi connectivity index (χ0v) is 17.8. The van der Waals surface area contributed by atoms with Crippen LogP contribution < -0.4 is 10.2 Å². The van der Waals surface area contributed by atoms with E-state index in [0.29, 0.717) is 11.3 Å². The van der Waals surface area contributed by atoms with Crippen LogP contribution in [0, 0.1) is 6.92 Å². The van der Waals surface area contributed by atoms with E-state index in [2.05, 4.69) is 5.32 Å². The van der Waals surface area contributed by atoms with E-state index in [1.807, 2.05) is 13.0 Å². The number of carbonyl (C=O) groups excluding carboxylic acids is 1. The fraction of sp³-hybridized carbons (Fsp3) is 0.381. The third-order valence-corrected chi connectivity index (χ3v) is 6.97. The van der Waals surface area contributed by atoms with Gasteiger partial charge in [-0.15, -0.1) is 0 Å². The van der Waals surface area contributed by atoms with Crippen LogP contribution in [0.15, 0.2) is 48.5 Å². The van der Waals surface area contributed by atoms with E-state index in [-0.39, 0.29) is 44.4 Å². The molecule has 3 rings (SSSR count). The van der Waals surface area contributed by atoms with Crippen molar-refractivity contribution in [2.45, 2.75) is 13.1 Å². The number of hydrogen-bond acceptors (Lipinski definition) is 4. The predicted molar refractivity (Wildman–Crippen MR) is 113 cm³/mol. The zero-order chi connectivity index (χ0) is 22.6. The quantitative estimate of drug-likeness (QED) is 0.727. The van der Waals surface area contributed by atoms with Gasteiger partial charge in [-0.3, -0.25) is 4.79 Å². The Bertz CT molecular complexity index is 1030. The van der Waals surface area contributed by atoms with E-state index in [1.165, 1.54) is 10.4 Å². The van der Waals surface area contributed by atoms with Crippen LogP contribution >= 0.6 is 0 Å². The van der Waals surface area contributed by atoms with Gasteiger partial charge < -0.3 is 10.2 Å². The highest BCUT2D eigenvalue weighted by Crippen LogP contribution is 2.32. The van der Waals surface area contributed by atoms with E-state index in [9.17, 15) is 26.4 Å². The number of benzene rings is 2. The van der Waals surface area contributed by atoms with Crippen LogP contribution in [0.2, 0.25) is 0 Å². The lowest BCUT2D eigenvalue weighted by atomic mass is 10.1. The van der Waals surface area contributed by atoms with Crippen molar-refractivity contribution in [3.8, 4) is 0 Å². The minimum absolute atomic E-state index is 0.0249. The number of alkyl halides is 3. The Hall–Kier alpha value is -2.59. The molecule has 0 aliphatic carbocycles. The van der Waals surface area contributed by atoms with Gasteiger partial charge in [0.1, 0.15) is 0 Å². The average Bonchev–Trinajstić information content (AvgIpc) is 2.73. The number of nitrogens with zero attached hydrogens (tertiary/aromatic N) is 2. The Morgan fingerprint density at radius 1 is 1.03 bits per heavy atom. The fourth-order valence-electron chi connectivity index (χ4n) is 3.41. The summed E-state index contributed by atoms with van der Waals surface area (Å²) in [5.41, 5.74) is 1.08. The molecule has 2 aromatic carbocycles. The number of aryl methyl sites for hydroxylation is 1. The monoisotopic (exact) mass is 455 g/mol. The van der Waals surface area contributed by atoms with Gasteiger partial charge in [-0.05, 0) is 37.3 Å². The summed E-state index contributed by atoms with van der Waals surface area (Å²) < 4.78 is 65.3. The first-order valence-corrected chi connectivity index (χ1v) is 11.4. The second kappa shape index (κ2) is 9.27. The van der Waals surface area contributed by atoms with E-state index in [0.717, 1.165) is 17.7 Å². The molecule has 1 aliphatic heterocycles. The molecule has 2 aromatic rings. The summed E-state index contributed by atoms with van der Waals surface area (Å²) in [4.78, 5) is 13.9. The Morgan fingerprint density at radius 3 is 2.35 bits per heavy atom. The molecule has 1 amide bonds. The predicted octanol–water partition coefficient (Wildman–Crippen LogP) is 2.90. The van der Waals surface area contributed by atoms with Crippen LogP contribution in [-0.2, 0) is 16.2 Å². The highest BCUT2D eigenvalue weighted by molar-refractivity contribution is 7.89. The van der Waals surface area contributed by atoms with Gasteiger partial charge >= 0.3 is 6.18 Å². The molecule has 31 heavy (non-hydrogen) atoms. The third kappa shape index (κ3) is 5.98. The topological polar surface area (TPSA) is 69.7 Å². The molecule has 10 heteroatoms. The number of carbonyl (C=O) groups is 1. The van der Waals surface area contributed by atoms with Gasteiger partial charge in [-0.25, -0.2) is 8.42 Å². The van der Waals surface area contributed by atoms with E-state index >= 15 is 0 Å². The molecule has 1 aliphatic rings. The van der Waals surface area contributed by atoms with Crippen molar-refractivity contribution in [1.82, 2.24) is 9.62 Å². The second-order valence-electron chi connectivity index (χ2n) is 7.38. The SMILES string of the molecule is Cc1cccc(C(=O)NCCS(=O)(=O)N2CCN(c3cccc(C(F)(F)F)c3)CC2)c1. The number of hydrogen-bond donors (Lipinski definition) is 1. The number of amides is 1. The highest BCUT2D eigenvalue weighted by Gasteiger charge is 2.32. The van der Waals surface area contributed by atoms with Crippen LogP contribution in [0.5, 0.6) is 0 Å². The Labute approximate surface area is 179 Å². The smallest absolute Gasteiger partial charge is 0.369 e. The van der Waals surface area contributed by atoms with Crippen molar-refractivity contribution in [2.75, 3.05) is 43.4 Å². The molecular formula is C21H24F3N3O3S. The van der Waals surface area contributed by atoms with Crippen LogP contribution in [0.1, 0.15) is 21.5 Å². The van der Waals surface area contributed by atoms with Crippen molar-refractivity contribution in [1.29, 1.82) is 0 Å². The molecular weight excluding hydrogens is 431 g/mol. The van der Waals surface area contributed by atoms with Crippen molar-refractivity contribution < 1.29 is 26.4 Å². The number of halogens is 3. The largest absolute Gasteiger partial charge is 0.416 e. The average molecular weight is 456 g/mol. The van der Waals surface area contributed by atoms with Crippen LogP contribution in [0.25, 0.3) is 0 Å². The number of rotatable bonds is 6. The normalized spacial score (nSPS) is 15.7. The maximum Gasteiger partial charge on any atom is 0.416 e. The number of anilines is 1. The minimum Gasteiger partial charge on any atom is -0.369 e. The van der Waals surface area contributed by atoms with Gasteiger partial charge in [-0.2, -0.15) is 17.5 Å². The van der Waals surface area contributed by atoms with E-state index in [4.69, 9.17) is 0 Å². The molecule has 0 spiro atoms. The van der Waals surface area contributed by atoms with Gasteiger partial charge in [0.15, 0.2) is 0 Å². The van der Waals surface area contributed by atoms with E-state index in [1.54, 1.807) is 29.2 Å². The van der Waals surface area contributed by atoms with Gasteiger partial charge in [0, 0.05) is 44.0 Å². The first-order chi connectivity index (χ1) is 14.6. The lowest BCUT2D eigenvalue weighted by Crippen LogP contribution is -2.50. The zero-order valence-electron chi connectivity index (χ0n) is 17.0. The summed E-state index contributed by atoms with van der Waals surface area (Å²) in [6, 6.07) is 12.0. The first-order valence-electron chi connectivity index (χ1n) is 9.81. The lowest BCUT2D eigenvalue weighted by molar-refractivity contribution is -0.137. The third-order valence-electron chi connectivity index (χ3n) is 5.10. The molecule has 168 valence electrons. The number of nitrogens with one attached hydrogen (secondary N) is 1. The van der Waals surface area contributed by atoms with E-state index < -0.39 is 21.8 Å². The fourth-order valence-corrected chi connectivity index (χ4v) is 4.75. The molecule has 0 bridgehead atoms. The molecule has 1 fully saturated rings. The molecule has 0 saturated carbocycles. The summed E-state index contributed by atoms with van der Waals surface area (Å²) >= 11 is 0. The van der Waals surface area contributed by atoms with Crippen molar-refractivity contribution >= 4 is 21.6 Å². The van der Waals surface area contributed by atoms with Crippen LogP contribution in [0.4, 0.5) is 18.9 Å². The molecule has 1 heterocycles. The van der Waals surface area contributed by atoms with Gasteiger partial charge in [0.2, 0.25) is 10.0 Å². The molecule has 0 radical (unpaired) electrons. The minimum atomic E-state index is -4.43. The maximum atomic E-state index is 12.9.